The molecule has 0 radical (unpaired) electrons. The maximum absolute atomic E-state index is 2.57. The summed E-state index contributed by atoms with van der Waals surface area (Å²) in [6.07, 6.45) is 7.80. The van der Waals surface area contributed by atoms with Crippen LogP contribution in [0.15, 0.2) is 237 Å². The minimum Gasteiger partial charge on any atom is -0.331 e. The Hall–Kier alpha value is -7.94. The quantitative estimate of drug-likeness (QED) is 0.158. The summed E-state index contributed by atoms with van der Waals surface area (Å²) >= 11 is 0. The first-order chi connectivity index (χ1) is 32.9. The molecule has 0 saturated carbocycles. The van der Waals surface area contributed by atoms with Gasteiger partial charge < -0.3 is 9.80 Å². The van der Waals surface area contributed by atoms with Crippen molar-refractivity contribution in [1.82, 2.24) is 0 Å². The minimum absolute atomic E-state index is 0.134. The minimum atomic E-state index is -0.454. The van der Waals surface area contributed by atoms with Crippen molar-refractivity contribution in [3.63, 3.8) is 0 Å². The van der Waals surface area contributed by atoms with Gasteiger partial charge in [0.15, 0.2) is 0 Å². The van der Waals surface area contributed by atoms with Crippen LogP contribution in [0.5, 0.6) is 0 Å². The fourth-order valence-corrected chi connectivity index (χ4v) is 12.4. The van der Waals surface area contributed by atoms with Gasteiger partial charge in [0.05, 0.1) is 16.6 Å². The van der Waals surface area contributed by atoms with Crippen molar-refractivity contribution < 1.29 is 0 Å². The average molecular weight is 859 g/mol. The third kappa shape index (κ3) is 5.69. The van der Waals surface area contributed by atoms with E-state index in [0.29, 0.717) is 0 Å². The van der Waals surface area contributed by atoms with E-state index in [0.717, 1.165) is 23.5 Å². The van der Waals surface area contributed by atoms with Crippen molar-refractivity contribution in [1.29, 1.82) is 0 Å². The van der Waals surface area contributed by atoms with E-state index in [1.807, 2.05) is 0 Å². The zero-order chi connectivity index (χ0) is 44.9. The third-order valence-electron chi connectivity index (χ3n) is 15.5. The Balaban J connectivity index is 0.966. The van der Waals surface area contributed by atoms with E-state index in [-0.39, 0.29) is 11.0 Å². The van der Waals surface area contributed by atoms with Crippen LogP contribution >= 0.6 is 0 Å². The Labute approximate surface area is 394 Å². The molecule has 320 valence electrons. The number of benzene rings is 9. The standard InChI is InChI=1S/C65H50N2/c1-63(2)57-27-15-13-25-52(57)54-38-35-50(42-60(54)63)66(51-36-39-56-58-28-17-18-40-64(58,3)67(62(56)43-51)49-23-11-6-12-24-49)48-33-30-44(31-34-48)45-32-37-55-53-26-14-16-29-59(53)65(61(55)41-45,46-19-7-4-8-20-46)47-21-9-5-10-22-47/h4-39,41-43H,40H2,1-3H3. The van der Waals surface area contributed by atoms with Gasteiger partial charge in [0, 0.05) is 33.7 Å². The van der Waals surface area contributed by atoms with Crippen molar-refractivity contribution in [3.05, 3.63) is 276 Å². The summed E-state index contributed by atoms with van der Waals surface area (Å²) in [6.45, 7) is 7.14. The molecule has 0 saturated heterocycles. The zero-order valence-corrected chi connectivity index (χ0v) is 38.1. The molecule has 0 bridgehead atoms. The first kappa shape index (κ1) is 39.4. The van der Waals surface area contributed by atoms with Crippen molar-refractivity contribution in [2.45, 2.75) is 43.6 Å². The second kappa shape index (κ2) is 14.8. The first-order valence-electron chi connectivity index (χ1n) is 23.7. The Morgan fingerprint density at radius 3 is 1.64 bits per heavy atom. The van der Waals surface area contributed by atoms with Gasteiger partial charge in [-0.05, 0) is 140 Å². The largest absolute Gasteiger partial charge is 0.331 e. The van der Waals surface area contributed by atoms with Crippen LogP contribution in [0.25, 0.3) is 39.0 Å². The monoisotopic (exact) mass is 858 g/mol. The van der Waals surface area contributed by atoms with Gasteiger partial charge in [-0.1, -0.05) is 196 Å². The van der Waals surface area contributed by atoms with Gasteiger partial charge in [-0.2, -0.15) is 0 Å². The molecule has 9 aromatic rings. The van der Waals surface area contributed by atoms with E-state index in [1.54, 1.807) is 0 Å². The van der Waals surface area contributed by atoms with Crippen LogP contribution in [0.2, 0.25) is 0 Å². The van der Waals surface area contributed by atoms with Gasteiger partial charge in [-0.25, -0.2) is 0 Å². The van der Waals surface area contributed by atoms with Gasteiger partial charge in [0.1, 0.15) is 0 Å². The van der Waals surface area contributed by atoms with Crippen molar-refractivity contribution in [2.24, 2.45) is 0 Å². The van der Waals surface area contributed by atoms with Crippen molar-refractivity contribution >= 4 is 34.0 Å². The topological polar surface area (TPSA) is 6.48 Å². The number of fused-ring (bicyclic) bond motifs is 9. The molecule has 4 aliphatic rings. The van der Waals surface area contributed by atoms with Crippen LogP contribution in [0, 0.1) is 0 Å². The summed E-state index contributed by atoms with van der Waals surface area (Å²) in [4.78, 5) is 5.04. The molecule has 0 amide bonds. The highest BCUT2D eigenvalue weighted by atomic mass is 15.2. The molecule has 0 spiro atoms. The molecular weight excluding hydrogens is 809 g/mol. The number of hydrogen-bond acceptors (Lipinski definition) is 2. The molecule has 0 N–H and O–H groups in total. The van der Waals surface area contributed by atoms with E-state index >= 15 is 0 Å². The van der Waals surface area contributed by atoms with Gasteiger partial charge >= 0.3 is 0 Å². The molecule has 0 aromatic heterocycles. The number of rotatable bonds is 7. The lowest BCUT2D eigenvalue weighted by atomic mass is 9.67. The van der Waals surface area contributed by atoms with Crippen LogP contribution in [-0.4, -0.2) is 5.54 Å². The molecule has 2 nitrogen and oxygen atoms in total. The lowest BCUT2D eigenvalue weighted by molar-refractivity contribution is 0.607. The zero-order valence-electron chi connectivity index (χ0n) is 38.1. The third-order valence-corrected chi connectivity index (χ3v) is 15.5. The predicted molar refractivity (Wildman–Crippen MR) is 280 cm³/mol. The van der Waals surface area contributed by atoms with Crippen LogP contribution in [0.3, 0.4) is 0 Å². The van der Waals surface area contributed by atoms with Gasteiger partial charge in [0.2, 0.25) is 0 Å². The molecule has 0 fully saturated rings. The second-order valence-corrected chi connectivity index (χ2v) is 19.4. The number of hydrogen-bond donors (Lipinski definition) is 0. The fourth-order valence-electron chi connectivity index (χ4n) is 12.4. The smallest absolute Gasteiger partial charge is 0.0715 e. The first-order valence-corrected chi connectivity index (χ1v) is 23.7. The Morgan fingerprint density at radius 2 is 0.940 bits per heavy atom. The van der Waals surface area contributed by atoms with Gasteiger partial charge in [-0.15, -0.1) is 0 Å². The number of anilines is 5. The predicted octanol–water partition coefficient (Wildman–Crippen LogP) is 16.7. The van der Waals surface area contributed by atoms with E-state index in [2.05, 4.69) is 267 Å². The number of allylic oxidation sites excluding steroid dienone is 2. The summed E-state index contributed by atoms with van der Waals surface area (Å²) < 4.78 is 0. The lowest BCUT2D eigenvalue weighted by Gasteiger charge is -2.39. The lowest BCUT2D eigenvalue weighted by Crippen LogP contribution is -2.40. The summed E-state index contributed by atoms with van der Waals surface area (Å²) in [5, 5.41) is 0. The Kier molecular flexibility index (Phi) is 8.70. The van der Waals surface area contributed by atoms with Crippen molar-refractivity contribution in [2.75, 3.05) is 9.80 Å². The SMILES string of the molecule is CC1(C)c2ccccc2-c2ccc(N(c3ccc(-c4ccc5c(c4)C(c4ccccc4)(c4ccccc4)c4ccccc4-5)cc3)c3ccc4c(c3)N(c3ccccc3)C3(C)CC=CC=C43)cc21. The molecule has 9 aromatic carbocycles. The van der Waals surface area contributed by atoms with Crippen LogP contribution in [-0.2, 0) is 10.8 Å². The number of nitrogens with zero attached hydrogens (tertiary/aromatic N) is 2. The summed E-state index contributed by atoms with van der Waals surface area (Å²) in [5.74, 6) is 0. The van der Waals surface area contributed by atoms with Gasteiger partial charge in [0.25, 0.3) is 0 Å². The molecule has 1 atom stereocenters. The summed E-state index contributed by atoms with van der Waals surface area (Å²) in [5.41, 5.74) is 23.3. The summed E-state index contributed by atoms with van der Waals surface area (Å²) in [7, 11) is 0. The average Bonchev–Trinajstić information content (AvgIpc) is 3.92. The van der Waals surface area contributed by atoms with E-state index < -0.39 is 5.41 Å². The number of para-hydroxylation sites is 1. The normalized spacial score (nSPS) is 17.4. The maximum atomic E-state index is 2.57. The van der Waals surface area contributed by atoms with E-state index in [4.69, 9.17) is 0 Å². The molecule has 1 unspecified atom stereocenters. The van der Waals surface area contributed by atoms with E-state index in [1.165, 1.54) is 89.3 Å². The summed E-state index contributed by atoms with van der Waals surface area (Å²) in [6, 6.07) is 81.7. The van der Waals surface area contributed by atoms with E-state index in [9.17, 15) is 0 Å². The van der Waals surface area contributed by atoms with Crippen molar-refractivity contribution in [3.8, 4) is 33.4 Å². The Bertz CT molecular complexity index is 3430. The fraction of sp³-hybridized carbons (Fsp3) is 0.108. The molecule has 67 heavy (non-hydrogen) atoms. The highest BCUT2D eigenvalue weighted by Crippen LogP contribution is 2.58. The van der Waals surface area contributed by atoms with Crippen LogP contribution < -0.4 is 9.80 Å². The molecule has 1 aliphatic heterocycles. The highest BCUT2D eigenvalue weighted by Gasteiger charge is 2.47. The molecule has 1 heterocycles. The Morgan fingerprint density at radius 1 is 0.418 bits per heavy atom. The molecule has 13 rings (SSSR count). The van der Waals surface area contributed by atoms with Crippen LogP contribution in [0.4, 0.5) is 28.4 Å². The second-order valence-electron chi connectivity index (χ2n) is 19.4. The molecular formula is C65H50N2. The van der Waals surface area contributed by atoms with Crippen LogP contribution in [0.1, 0.15) is 66.1 Å². The highest BCUT2D eigenvalue weighted by molar-refractivity contribution is 5.98. The molecule has 2 heteroatoms. The van der Waals surface area contributed by atoms with Gasteiger partial charge in [-0.3, -0.25) is 0 Å². The molecule has 3 aliphatic carbocycles. The maximum Gasteiger partial charge on any atom is 0.0715 e.